The number of fused-ring (bicyclic) bond motifs is 1. The van der Waals surface area contributed by atoms with Gasteiger partial charge < -0.3 is 4.74 Å². The molecule has 0 radical (unpaired) electrons. The van der Waals surface area contributed by atoms with Crippen molar-refractivity contribution in [3.8, 4) is 0 Å². The van der Waals surface area contributed by atoms with Gasteiger partial charge in [0.25, 0.3) is 0 Å². The summed E-state index contributed by atoms with van der Waals surface area (Å²) in [5.74, 6) is -0.599. The molecule has 0 saturated carbocycles. The number of cyclic esters (lactones) is 1. The topological polar surface area (TPSA) is 60.4 Å². The van der Waals surface area contributed by atoms with Gasteiger partial charge in [0, 0.05) is 5.92 Å². The molecule has 4 nitrogen and oxygen atoms in total. The second-order valence-electron chi connectivity index (χ2n) is 6.86. The van der Waals surface area contributed by atoms with E-state index in [0.29, 0.717) is 19.4 Å². The van der Waals surface area contributed by atoms with E-state index in [-0.39, 0.29) is 11.2 Å². The highest BCUT2D eigenvalue weighted by Gasteiger charge is 2.52. The van der Waals surface area contributed by atoms with Gasteiger partial charge >= 0.3 is 5.97 Å². The first-order chi connectivity index (χ1) is 10.6. The van der Waals surface area contributed by atoms with Crippen LogP contribution >= 0.6 is 0 Å². The number of esters is 1. The summed E-state index contributed by atoms with van der Waals surface area (Å²) >= 11 is 0. The summed E-state index contributed by atoms with van der Waals surface area (Å²) in [7, 11) is -3.33. The Hall–Kier alpha value is -0.580. The number of carbonyl (C=O) groups excluding carboxylic acids is 1. The van der Waals surface area contributed by atoms with Crippen LogP contribution in [0.1, 0.15) is 77.6 Å². The van der Waals surface area contributed by atoms with E-state index in [1.54, 1.807) is 0 Å². The highest BCUT2D eigenvalue weighted by Crippen LogP contribution is 2.37. The van der Waals surface area contributed by atoms with E-state index in [4.69, 9.17) is 4.74 Å². The first-order valence-electron chi connectivity index (χ1n) is 8.96. The molecular formula is C17H30O4S. The van der Waals surface area contributed by atoms with E-state index in [2.05, 4.69) is 6.92 Å². The molecule has 22 heavy (non-hydrogen) atoms. The van der Waals surface area contributed by atoms with Crippen LogP contribution in [0.3, 0.4) is 0 Å². The van der Waals surface area contributed by atoms with Crippen LogP contribution in [0.15, 0.2) is 0 Å². The largest absolute Gasteiger partial charge is 0.464 e. The fourth-order valence-corrected chi connectivity index (χ4v) is 6.24. The lowest BCUT2D eigenvalue weighted by atomic mass is 9.97. The molecule has 0 bridgehead atoms. The Morgan fingerprint density at radius 1 is 1.00 bits per heavy atom. The molecule has 2 heterocycles. The number of ether oxygens (including phenoxy) is 1. The smallest absolute Gasteiger partial charge is 0.324 e. The zero-order chi connectivity index (χ0) is 16.0. The quantitative estimate of drug-likeness (QED) is 0.478. The van der Waals surface area contributed by atoms with Crippen molar-refractivity contribution in [2.45, 2.75) is 88.1 Å². The molecule has 2 saturated heterocycles. The van der Waals surface area contributed by atoms with Gasteiger partial charge in [-0.1, -0.05) is 58.3 Å². The van der Waals surface area contributed by atoms with Crippen molar-refractivity contribution < 1.29 is 17.9 Å². The third-order valence-electron chi connectivity index (χ3n) is 5.16. The predicted octanol–water partition coefficient (Wildman–Crippen LogP) is 3.64. The molecule has 2 aliphatic heterocycles. The van der Waals surface area contributed by atoms with Gasteiger partial charge in [0.2, 0.25) is 0 Å². The van der Waals surface area contributed by atoms with E-state index >= 15 is 0 Å². The Morgan fingerprint density at radius 2 is 1.64 bits per heavy atom. The number of hydrogen-bond acceptors (Lipinski definition) is 4. The normalized spacial score (nSPS) is 30.0. The number of sulfone groups is 1. The van der Waals surface area contributed by atoms with Crippen molar-refractivity contribution in [3.05, 3.63) is 0 Å². The average Bonchev–Trinajstić information content (AvgIpc) is 2.86. The van der Waals surface area contributed by atoms with E-state index in [0.717, 1.165) is 19.3 Å². The Morgan fingerprint density at radius 3 is 2.32 bits per heavy atom. The Labute approximate surface area is 134 Å². The van der Waals surface area contributed by atoms with Crippen LogP contribution in [0, 0.1) is 5.92 Å². The van der Waals surface area contributed by atoms with Crippen molar-refractivity contribution >= 4 is 15.8 Å². The van der Waals surface area contributed by atoms with Gasteiger partial charge in [0.05, 0.1) is 11.9 Å². The Kier molecular flexibility index (Phi) is 6.72. The standard InChI is InChI=1S/C17H30O4S/c1-2-3-4-5-6-7-8-9-10-15-12-11-14-13-21-17(18)16(14)22(15,19)20/h14-16H,2-13H2,1H3. The minimum Gasteiger partial charge on any atom is -0.464 e. The maximum Gasteiger partial charge on any atom is 0.324 e. The van der Waals surface area contributed by atoms with E-state index in [9.17, 15) is 13.2 Å². The monoisotopic (exact) mass is 330 g/mol. The lowest BCUT2D eigenvalue weighted by Gasteiger charge is -2.28. The highest BCUT2D eigenvalue weighted by atomic mass is 32.2. The third kappa shape index (κ3) is 4.24. The van der Waals surface area contributed by atoms with Gasteiger partial charge in [-0.2, -0.15) is 0 Å². The second-order valence-corrected chi connectivity index (χ2v) is 9.22. The molecule has 2 rings (SSSR count). The lowest BCUT2D eigenvalue weighted by molar-refractivity contribution is -0.137. The molecule has 2 aliphatic rings. The zero-order valence-corrected chi connectivity index (χ0v) is 14.6. The predicted molar refractivity (Wildman–Crippen MR) is 87.4 cm³/mol. The first-order valence-corrected chi connectivity index (χ1v) is 10.6. The molecule has 0 aliphatic carbocycles. The van der Waals surface area contributed by atoms with Crippen molar-refractivity contribution in [1.29, 1.82) is 0 Å². The van der Waals surface area contributed by atoms with Gasteiger partial charge in [-0.25, -0.2) is 8.42 Å². The molecule has 0 N–H and O–H groups in total. The summed E-state index contributed by atoms with van der Waals surface area (Å²) in [5.41, 5.74) is 0. The summed E-state index contributed by atoms with van der Waals surface area (Å²) < 4.78 is 30.0. The maximum absolute atomic E-state index is 12.5. The van der Waals surface area contributed by atoms with Gasteiger partial charge in [0.15, 0.2) is 15.1 Å². The number of unbranched alkanes of at least 4 members (excludes halogenated alkanes) is 7. The summed E-state index contributed by atoms with van der Waals surface area (Å²) in [6.07, 6.45) is 12.0. The van der Waals surface area contributed by atoms with Crippen molar-refractivity contribution in [3.63, 3.8) is 0 Å². The van der Waals surface area contributed by atoms with Crippen LogP contribution < -0.4 is 0 Å². The first kappa shape index (κ1) is 17.8. The fourth-order valence-electron chi connectivity index (χ4n) is 3.77. The number of rotatable bonds is 9. The summed E-state index contributed by atoms with van der Waals surface area (Å²) in [5, 5.41) is -1.18. The molecule has 3 unspecified atom stereocenters. The van der Waals surface area contributed by atoms with Crippen molar-refractivity contribution in [2.75, 3.05) is 6.61 Å². The van der Waals surface area contributed by atoms with Gasteiger partial charge in [-0.05, 0) is 19.3 Å². The molecule has 3 atom stereocenters. The molecule has 0 aromatic carbocycles. The van der Waals surface area contributed by atoms with Crippen LogP contribution in [0.25, 0.3) is 0 Å². The lowest BCUT2D eigenvalue weighted by Crippen LogP contribution is -2.43. The summed E-state index contributed by atoms with van der Waals surface area (Å²) in [4.78, 5) is 11.7. The van der Waals surface area contributed by atoms with Gasteiger partial charge in [-0.15, -0.1) is 0 Å². The highest BCUT2D eigenvalue weighted by molar-refractivity contribution is 7.93. The molecule has 0 amide bonds. The number of carbonyl (C=O) groups is 1. The molecule has 0 aromatic heterocycles. The van der Waals surface area contributed by atoms with Crippen molar-refractivity contribution in [2.24, 2.45) is 5.92 Å². The van der Waals surface area contributed by atoms with E-state index < -0.39 is 21.1 Å². The van der Waals surface area contributed by atoms with Gasteiger partial charge in [-0.3, -0.25) is 4.79 Å². The maximum atomic E-state index is 12.5. The second kappa shape index (κ2) is 8.32. The number of hydrogen-bond donors (Lipinski definition) is 0. The molecule has 128 valence electrons. The van der Waals surface area contributed by atoms with Crippen molar-refractivity contribution in [1.82, 2.24) is 0 Å². The van der Waals surface area contributed by atoms with Gasteiger partial charge in [0.1, 0.15) is 0 Å². The molecule has 2 fully saturated rings. The van der Waals surface area contributed by atoms with E-state index in [1.165, 1.54) is 38.5 Å². The zero-order valence-electron chi connectivity index (χ0n) is 13.8. The van der Waals surface area contributed by atoms with E-state index in [1.807, 2.05) is 0 Å². The molecule has 0 aromatic rings. The third-order valence-corrected chi connectivity index (χ3v) is 7.84. The fraction of sp³-hybridized carbons (Fsp3) is 0.941. The molecule has 0 spiro atoms. The Balaban J connectivity index is 1.69. The van der Waals surface area contributed by atoms with Crippen LogP contribution in [0.2, 0.25) is 0 Å². The van der Waals surface area contributed by atoms with Crippen LogP contribution in [-0.4, -0.2) is 31.5 Å². The molecule has 5 heteroatoms. The minimum absolute atomic E-state index is 0.0904. The Bertz CT molecular complexity index is 457. The summed E-state index contributed by atoms with van der Waals surface area (Å²) in [6.45, 7) is 2.52. The SMILES string of the molecule is CCCCCCCCCCC1CCC2COC(=O)C2S1(=O)=O. The average molecular weight is 330 g/mol. The minimum atomic E-state index is -3.33. The van der Waals surface area contributed by atoms with Crippen LogP contribution in [0.4, 0.5) is 0 Å². The van der Waals surface area contributed by atoms with Crippen LogP contribution in [-0.2, 0) is 19.4 Å². The van der Waals surface area contributed by atoms with Crippen LogP contribution in [0.5, 0.6) is 0 Å². The summed E-state index contributed by atoms with van der Waals surface area (Å²) in [6, 6.07) is 0. The molecular weight excluding hydrogens is 300 g/mol.